The Balaban J connectivity index is 2.44. The zero-order chi connectivity index (χ0) is 13.1. The van der Waals surface area contributed by atoms with E-state index in [0.29, 0.717) is 6.54 Å². The maximum Gasteiger partial charge on any atom is 0.213 e. The molecule has 0 aromatic rings. The topological polar surface area (TPSA) is 61.4 Å². The minimum absolute atomic E-state index is 0.120. The van der Waals surface area contributed by atoms with Gasteiger partial charge in [0.25, 0.3) is 0 Å². The van der Waals surface area contributed by atoms with Crippen LogP contribution in [0.4, 0.5) is 0 Å². The van der Waals surface area contributed by atoms with Crippen LogP contribution < -0.4 is 10.0 Å². The molecule has 1 saturated heterocycles. The zero-order valence-corrected chi connectivity index (χ0v) is 12.1. The monoisotopic (exact) mass is 263 g/mol. The SMILES string of the molecule is CN(C)C(C)(C)CNS(=O)(=O)CC1CCCN1. The van der Waals surface area contributed by atoms with E-state index in [0.717, 1.165) is 19.4 Å². The largest absolute Gasteiger partial charge is 0.313 e. The standard InChI is InChI=1S/C11H25N3O2S/c1-11(2,14(3)4)9-13-17(15,16)8-10-6-5-7-12-10/h10,12-13H,5-9H2,1-4H3. The van der Waals surface area contributed by atoms with E-state index in [1.807, 2.05) is 32.8 Å². The van der Waals surface area contributed by atoms with Gasteiger partial charge >= 0.3 is 0 Å². The highest BCUT2D eigenvalue weighted by atomic mass is 32.2. The van der Waals surface area contributed by atoms with Gasteiger partial charge in [0.15, 0.2) is 0 Å². The molecule has 0 bridgehead atoms. The van der Waals surface area contributed by atoms with Crippen molar-refractivity contribution >= 4 is 10.0 Å². The van der Waals surface area contributed by atoms with E-state index in [4.69, 9.17) is 0 Å². The predicted octanol–water partition coefficient (Wildman–Crippen LogP) is -0.00200. The Morgan fingerprint density at radius 1 is 1.41 bits per heavy atom. The molecule has 0 saturated carbocycles. The van der Waals surface area contributed by atoms with Gasteiger partial charge in [-0.25, -0.2) is 13.1 Å². The van der Waals surface area contributed by atoms with Crippen molar-refractivity contribution in [3.05, 3.63) is 0 Å². The summed E-state index contributed by atoms with van der Waals surface area (Å²) in [6, 6.07) is 0.120. The van der Waals surface area contributed by atoms with Gasteiger partial charge in [0, 0.05) is 18.1 Å². The van der Waals surface area contributed by atoms with Gasteiger partial charge in [0.05, 0.1) is 5.75 Å². The molecule has 2 N–H and O–H groups in total. The summed E-state index contributed by atoms with van der Waals surface area (Å²) in [5.74, 6) is 0.191. The molecule has 1 fully saturated rings. The zero-order valence-electron chi connectivity index (χ0n) is 11.3. The van der Waals surface area contributed by atoms with Crippen molar-refractivity contribution in [3.8, 4) is 0 Å². The van der Waals surface area contributed by atoms with Gasteiger partial charge in [0.1, 0.15) is 0 Å². The van der Waals surface area contributed by atoms with Crippen LogP contribution in [-0.4, -0.2) is 57.8 Å². The summed E-state index contributed by atoms with van der Waals surface area (Å²) < 4.78 is 26.5. The van der Waals surface area contributed by atoms with Crippen molar-refractivity contribution in [2.24, 2.45) is 0 Å². The Hall–Kier alpha value is -0.170. The molecule has 1 atom stereocenters. The van der Waals surface area contributed by atoms with E-state index < -0.39 is 10.0 Å². The molecule has 102 valence electrons. The Bertz CT molecular complexity index is 333. The van der Waals surface area contributed by atoms with Gasteiger partial charge in [-0.05, 0) is 47.3 Å². The normalized spacial score (nSPS) is 22.3. The fourth-order valence-electron chi connectivity index (χ4n) is 1.67. The second kappa shape index (κ2) is 5.65. The first-order valence-corrected chi connectivity index (χ1v) is 7.76. The maximum atomic E-state index is 11.9. The molecule has 1 aliphatic rings. The number of hydrogen-bond acceptors (Lipinski definition) is 4. The smallest absolute Gasteiger partial charge is 0.213 e. The lowest BCUT2D eigenvalue weighted by Gasteiger charge is -2.32. The minimum atomic E-state index is -3.17. The van der Waals surface area contributed by atoms with Gasteiger partial charge < -0.3 is 10.2 Å². The summed E-state index contributed by atoms with van der Waals surface area (Å²) in [4.78, 5) is 2.02. The molecule has 1 unspecified atom stereocenters. The van der Waals surface area contributed by atoms with E-state index in [1.54, 1.807) is 0 Å². The number of likely N-dealkylation sites (N-methyl/N-ethyl adjacent to an activating group) is 1. The Morgan fingerprint density at radius 3 is 2.53 bits per heavy atom. The summed E-state index contributed by atoms with van der Waals surface area (Å²) in [5.41, 5.74) is -0.170. The van der Waals surface area contributed by atoms with Crippen LogP contribution in [0.5, 0.6) is 0 Å². The molecular formula is C11H25N3O2S. The average Bonchev–Trinajstić information content (AvgIpc) is 2.67. The summed E-state index contributed by atoms with van der Waals surface area (Å²) >= 11 is 0. The van der Waals surface area contributed by atoms with Crippen LogP contribution >= 0.6 is 0 Å². The first kappa shape index (κ1) is 14.9. The van der Waals surface area contributed by atoms with Crippen LogP contribution in [0.15, 0.2) is 0 Å². The second-order valence-electron chi connectivity index (χ2n) is 5.60. The number of sulfonamides is 1. The molecule has 6 heteroatoms. The first-order chi connectivity index (χ1) is 7.73. The molecule has 0 aliphatic carbocycles. The van der Waals surface area contributed by atoms with Gasteiger partial charge in [-0.3, -0.25) is 0 Å². The van der Waals surface area contributed by atoms with Gasteiger partial charge in [-0.2, -0.15) is 0 Å². The highest BCUT2D eigenvalue weighted by Gasteiger charge is 2.26. The van der Waals surface area contributed by atoms with Crippen molar-refractivity contribution in [3.63, 3.8) is 0 Å². The van der Waals surface area contributed by atoms with E-state index in [9.17, 15) is 8.42 Å². The van der Waals surface area contributed by atoms with E-state index >= 15 is 0 Å². The third-order valence-electron chi connectivity index (χ3n) is 3.52. The molecule has 1 aliphatic heterocycles. The van der Waals surface area contributed by atoms with Crippen LogP contribution in [-0.2, 0) is 10.0 Å². The molecule has 0 aromatic carbocycles. The molecule has 0 amide bonds. The molecule has 0 aromatic heterocycles. The Morgan fingerprint density at radius 2 is 2.06 bits per heavy atom. The van der Waals surface area contributed by atoms with Gasteiger partial charge in [-0.1, -0.05) is 0 Å². The van der Waals surface area contributed by atoms with Gasteiger partial charge in [-0.15, -0.1) is 0 Å². The van der Waals surface area contributed by atoms with Crippen LogP contribution in [0.1, 0.15) is 26.7 Å². The lowest BCUT2D eigenvalue weighted by molar-refractivity contribution is 0.199. The lowest BCUT2D eigenvalue weighted by Crippen LogP contribution is -2.49. The van der Waals surface area contributed by atoms with Crippen LogP contribution in [0, 0.1) is 0 Å². The molecule has 1 heterocycles. The summed E-state index contributed by atoms with van der Waals surface area (Å²) in [6.45, 7) is 5.41. The fraction of sp³-hybridized carbons (Fsp3) is 1.00. The van der Waals surface area contributed by atoms with Crippen molar-refractivity contribution in [1.82, 2.24) is 14.9 Å². The minimum Gasteiger partial charge on any atom is -0.313 e. The molecule has 1 rings (SSSR count). The van der Waals surface area contributed by atoms with Crippen LogP contribution in [0.25, 0.3) is 0 Å². The number of nitrogens with one attached hydrogen (secondary N) is 2. The first-order valence-electron chi connectivity index (χ1n) is 6.11. The lowest BCUT2D eigenvalue weighted by atomic mass is 10.1. The highest BCUT2D eigenvalue weighted by molar-refractivity contribution is 7.89. The van der Waals surface area contributed by atoms with Crippen molar-refractivity contribution in [2.75, 3.05) is 32.9 Å². The van der Waals surface area contributed by atoms with Crippen molar-refractivity contribution in [2.45, 2.75) is 38.3 Å². The third kappa shape index (κ3) is 4.91. The number of hydrogen-bond donors (Lipinski definition) is 2. The quantitative estimate of drug-likeness (QED) is 0.708. The second-order valence-corrected chi connectivity index (χ2v) is 7.45. The van der Waals surface area contributed by atoms with Crippen molar-refractivity contribution < 1.29 is 8.42 Å². The summed E-state index contributed by atoms with van der Waals surface area (Å²) in [7, 11) is 0.732. The summed E-state index contributed by atoms with van der Waals surface area (Å²) in [5, 5.41) is 3.20. The summed E-state index contributed by atoms with van der Waals surface area (Å²) in [6.07, 6.45) is 2.03. The third-order valence-corrected chi connectivity index (χ3v) is 4.94. The average molecular weight is 263 g/mol. The van der Waals surface area contributed by atoms with E-state index in [-0.39, 0.29) is 17.3 Å². The molecule has 5 nitrogen and oxygen atoms in total. The molecule has 0 radical (unpaired) electrons. The highest BCUT2D eigenvalue weighted by Crippen LogP contribution is 2.10. The predicted molar refractivity (Wildman–Crippen MR) is 70.6 cm³/mol. The molecule has 0 spiro atoms. The van der Waals surface area contributed by atoms with Crippen LogP contribution in [0.2, 0.25) is 0 Å². The molecule has 17 heavy (non-hydrogen) atoms. The fourth-order valence-corrected chi connectivity index (χ4v) is 3.17. The Kier molecular flexibility index (Phi) is 4.95. The number of nitrogens with zero attached hydrogens (tertiary/aromatic N) is 1. The van der Waals surface area contributed by atoms with E-state index in [1.165, 1.54) is 0 Å². The molecular weight excluding hydrogens is 238 g/mol. The maximum absolute atomic E-state index is 11.9. The number of rotatable bonds is 6. The van der Waals surface area contributed by atoms with Gasteiger partial charge in [0.2, 0.25) is 10.0 Å². The Labute approximate surface area is 105 Å². The van der Waals surface area contributed by atoms with E-state index in [2.05, 4.69) is 10.0 Å². The van der Waals surface area contributed by atoms with Crippen LogP contribution in [0.3, 0.4) is 0 Å². The van der Waals surface area contributed by atoms with Crippen molar-refractivity contribution in [1.29, 1.82) is 0 Å².